The predicted molar refractivity (Wildman–Crippen MR) is 113 cm³/mol. The second-order valence-electron chi connectivity index (χ2n) is 6.96. The molecule has 0 bridgehead atoms. The Kier molecular flexibility index (Phi) is 15.9. The maximum atomic E-state index is 8.57. The van der Waals surface area contributed by atoms with Crippen molar-refractivity contribution < 1.29 is 24.1 Å². The summed E-state index contributed by atoms with van der Waals surface area (Å²) in [4.78, 5) is 0. The maximum absolute atomic E-state index is 8.57. The van der Waals surface area contributed by atoms with Crippen LogP contribution in [0.1, 0.15) is 63.9 Å². The average Bonchev–Trinajstić information content (AvgIpc) is 2.73. The van der Waals surface area contributed by atoms with Crippen molar-refractivity contribution in [2.45, 2.75) is 58.3 Å². The van der Waals surface area contributed by atoms with Gasteiger partial charge in [0.25, 0.3) is 0 Å². The number of hydrogen-bond donors (Lipinski definition) is 1. The summed E-state index contributed by atoms with van der Waals surface area (Å²) in [6.07, 6.45) is 7.66. The molecule has 0 spiro atoms. The van der Waals surface area contributed by atoms with Crippen LogP contribution in [0.15, 0.2) is 24.3 Å². The van der Waals surface area contributed by atoms with Crippen molar-refractivity contribution in [1.82, 2.24) is 0 Å². The van der Waals surface area contributed by atoms with Crippen LogP contribution in [0.2, 0.25) is 0 Å². The van der Waals surface area contributed by atoms with E-state index in [9.17, 15) is 0 Å². The van der Waals surface area contributed by atoms with Gasteiger partial charge in [0.05, 0.1) is 46.2 Å². The minimum absolute atomic E-state index is 0.0458. The number of ether oxygens (including phenoxy) is 4. The molecule has 1 rings (SSSR count). The molecule has 0 aromatic heterocycles. The van der Waals surface area contributed by atoms with Crippen LogP contribution in [0.25, 0.3) is 0 Å². The van der Waals surface area contributed by atoms with E-state index in [0.29, 0.717) is 52.2 Å². The minimum Gasteiger partial charge on any atom is -0.491 e. The first-order valence-corrected chi connectivity index (χ1v) is 10.9. The topological polar surface area (TPSA) is 57.2 Å². The van der Waals surface area contributed by atoms with E-state index >= 15 is 0 Å². The summed E-state index contributed by atoms with van der Waals surface area (Å²) in [6, 6.07) is 8.60. The SMILES string of the molecule is CCCCC(CCCC)c1ccc(OCCOCCOCCOCCO)cc1. The number of rotatable bonds is 19. The van der Waals surface area contributed by atoms with Crippen LogP contribution in [0, 0.1) is 0 Å². The van der Waals surface area contributed by atoms with E-state index in [-0.39, 0.29) is 6.61 Å². The van der Waals surface area contributed by atoms with Gasteiger partial charge in [0.15, 0.2) is 0 Å². The van der Waals surface area contributed by atoms with Crippen LogP contribution in [-0.4, -0.2) is 58.0 Å². The molecule has 28 heavy (non-hydrogen) atoms. The highest BCUT2D eigenvalue weighted by Gasteiger charge is 2.10. The van der Waals surface area contributed by atoms with Crippen LogP contribution in [0.3, 0.4) is 0 Å². The molecule has 1 aromatic rings. The fourth-order valence-electron chi connectivity index (χ4n) is 3.04. The lowest BCUT2D eigenvalue weighted by Gasteiger charge is -2.17. The lowest BCUT2D eigenvalue weighted by Crippen LogP contribution is -2.13. The Balaban J connectivity index is 2.15. The van der Waals surface area contributed by atoms with E-state index in [1.54, 1.807) is 0 Å². The first kappa shape index (κ1) is 24.9. The standard InChI is InChI=1S/C23H40O5/c1-3-5-7-21(8-6-4-2)22-9-11-23(12-10-22)28-20-19-27-18-17-26-16-15-25-14-13-24/h9-12,21,24H,3-8,13-20H2,1-2H3. The van der Waals surface area contributed by atoms with Crippen LogP contribution >= 0.6 is 0 Å². The van der Waals surface area contributed by atoms with Crippen LogP contribution in [-0.2, 0) is 14.2 Å². The summed E-state index contributed by atoms with van der Waals surface area (Å²) in [5.74, 6) is 1.57. The molecule has 0 heterocycles. The molecule has 0 radical (unpaired) electrons. The first-order valence-electron chi connectivity index (χ1n) is 10.9. The van der Waals surface area contributed by atoms with E-state index in [4.69, 9.17) is 24.1 Å². The summed E-state index contributed by atoms with van der Waals surface area (Å²) >= 11 is 0. The van der Waals surface area contributed by atoms with Crippen LogP contribution in [0.4, 0.5) is 0 Å². The normalized spacial score (nSPS) is 11.3. The monoisotopic (exact) mass is 396 g/mol. The van der Waals surface area contributed by atoms with Gasteiger partial charge in [-0.05, 0) is 36.5 Å². The van der Waals surface area contributed by atoms with Gasteiger partial charge in [0.2, 0.25) is 0 Å². The van der Waals surface area contributed by atoms with Gasteiger partial charge in [-0.1, -0.05) is 51.7 Å². The summed E-state index contributed by atoms with van der Waals surface area (Å²) < 4.78 is 21.7. The van der Waals surface area contributed by atoms with Gasteiger partial charge in [-0.2, -0.15) is 0 Å². The number of aliphatic hydroxyl groups excluding tert-OH is 1. The molecule has 1 aromatic carbocycles. The zero-order chi connectivity index (χ0) is 20.3. The predicted octanol–water partition coefficient (Wildman–Crippen LogP) is 4.57. The molecular weight excluding hydrogens is 356 g/mol. The van der Waals surface area contributed by atoms with Crippen molar-refractivity contribution in [2.24, 2.45) is 0 Å². The van der Waals surface area contributed by atoms with Crippen molar-refractivity contribution in [3.8, 4) is 5.75 Å². The minimum atomic E-state index is 0.0458. The Morgan fingerprint density at radius 1 is 0.714 bits per heavy atom. The third kappa shape index (κ3) is 12.3. The largest absolute Gasteiger partial charge is 0.491 e. The summed E-state index contributed by atoms with van der Waals surface area (Å²) in [5, 5.41) is 8.57. The zero-order valence-electron chi connectivity index (χ0n) is 17.9. The van der Waals surface area contributed by atoms with Gasteiger partial charge in [-0.25, -0.2) is 0 Å². The lowest BCUT2D eigenvalue weighted by atomic mass is 9.89. The molecule has 162 valence electrons. The van der Waals surface area contributed by atoms with Crippen LogP contribution < -0.4 is 4.74 Å². The van der Waals surface area contributed by atoms with Crippen molar-refractivity contribution in [3.63, 3.8) is 0 Å². The molecule has 0 amide bonds. The van der Waals surface area contributed by atoms with E-state index in [0.717, 1.165) is 5.75 Å². The third-order valence-corrected chi connectivity index (χ3v) is 4.64. The highest BCUT2D eigenvalue weighted by molar-refractivity contribution is 5.29. The quantitative estimate of drug-likeness (QED) is 0.347. The van der Waals surface area contributed by atoms with Gasteiger partial charge in [-0.15, -0.1) is 0 Å². The van der Waals surface area contributed by atoms with Gasteiger partial charge in [0, 0.05) is 0 Å². The second-order valence-corrected chi connectivity index (χ2v) is 6.96. The molecule has 0 saturated carbocycles. The molecule has 0 atom stereocenters. The van der Waals surface area contributed by atoms with Gasteiger partial charge in [0.1, 0.15) is 12.4 Å². The summed E-state index contributed by atoms with van der Waals surface area (Å²) in [7, 11) is 0. The molecule has 5 nitrogen and oxygen atoms in total. The molecule has 5 heteroatoms. The van der Waals surface area contributed by atoms with E-state index in [1.165, 1.54) is 44.1 Å². The molecular formula is C23H40O5. The van der Waals surface area contributed by atoms with Gasteiger partial charge in [-0.3, -0.25) is 0 Å². The zero-order valence-corrected chi connectivity index (χ0v) is 17.9. The molecule has 1 N–H and O–H groups in total. The maximum Gasteiger partial charge on any atom is 0.119 e. The first-order chi connectivity index (χ1) is 13.8. The van der Waals surface area contributed by atoms with E-state index < -0.39 is 0 Å². The Morgan fingerprint density at radius 2 is 1.21 bits per heavy atom. The summed E-state index contributed by atoms with van der Waals surface area (Å²) in [5.41, 5.74) is 1.44. The molecule has 0 aliphatic rings. The van der Waals surface area contributed by atoms with Gasteiger partial charge >= 0.3 is 0 Å². The molecule has 0 fully saturated rings. The van der Waals surface area contributed by atoms with Crippen molar-refractivity contribution >= 4 is 0 Å². The molecule has 0 saturated heterocycles. The third-order valence-electron chi connectivity index (χ3n) is 4.64. The van der Waals surface area contributed by atoms with Crippen molar-refractivity contribution in [3.05, 3.63) is 29.8 Å². The second kappa shape index (κ2) is 17.9. The van der Waals surface area contributed by atoms with E-state index in [2.05, 4.69) is 38.1 Å². The fraction of sp³-hybridized carbons (Fsp3) is 0.739. The Bertz CT molecular complexity index is 441. The van der Waals surface area contributed by atoms with Crippen LogP contribution in [0.5, 0.6) is 5.75 Å². The smallest absolute Gasteiger partial charge is 0.119 e. The van der Waals surface area contributed by atoms with E-state index in [1.807, 2.05) is 0 Å². The number of hydrogen-bond acceptors (Lipinski definition) is 5. The average molecular weight is 397 g/mol. The van der Waals surface area contributed by atoms with Crippen molar-refractivity contribution in [1.29, 1.82) is 0 Å². The fourth-order valence-corrected chi connectivity index (χ4v) is 3.04. The van der Waals surface area contributed by atoms with Crippen molar-refractivity contribution in [2.75, 3.05) is 52.9 Å². The summed E-state index contributed by atoms with van der Waals surface area (Å²) in [6.45, 7) is 8.09. The van der Waals surface area contributed by atoms with Gasteiger partial charge < -0.3 is 24.1 Å². The highest BCUT2D eigenvalue weighted by Crippen LogP contribution is 2.29. The molecule has 0 aliphatic heterocycles. The number of aliphatic hydroxyl groups is 1. The highest BCUT2D eigenvalue weighted by atomic mass is 16.6. The lowest BCUT2D eigenvalue weighted by molar-refractivity contribution is 0.00361. The number of unbranched alkanes of at least 4 members (excludes halogenated alkanes) is 2. The number of benzene rings is 1. The molecule has 0 unspecified atom stereocenters. The molecule has 0 aliphatic carbocycles. The Hall–Kier alpha value is -1.14. The Morgan fingerprint density at radius 3 is 1.71 bits per heavy atom. The Labute approximate surface area is 171 Å².